The van der Waals surface area contributed by atoms with Gasteiger partial charge in [0, 0.05) is 24.7 Å². The summed E-state index contributed by atoms with van der Waals surface area (Å²) in [5.74, 6) is 0. The summed E-state index contributed by atoms with van der Waals surface area (Å²) < 4.78 is 5.81. The molecule has 0 aromatic carbocycles. The van der Waals surface area contributed by atoms with Crippen LogP contribution in [0.3, 0.4) is 0 Å². The summed E-state index contributed by atoms with van der Waals surface area (Å²) in [4.78, 5) is 2.48. The minimum absolute atomic E-state index is 0.0631. The third kappa shape index (κ3) is 2.69. The van der Waals surface area contributed by atoms with Gasteiger partial charge < -0.3 is 10.1 Å². The van der Waals surface area contributed by atoms with E-state index in [4.69, 9.17) is 4.74 Å². The molecule has 0 radical (unpaired) electrons. The number of nitrogens with one attached hydrogen (secondary N) is 1. The maximum Gasteiger partial charge on any atom is 0.0878 e. The molecule has 1 aliphatic rings. The third-order valence-electron chi connectivity index (χ3n) is 3.28. The summed E-state index contributed by atoms with van der Waals surface area (Å²) >= 11 is 0. The number of morpholine rings is 1. The molecule has 14 heavy (non-hydrogen) atoms. The molecule has 0 unspecified atom stereocenters. The van der Waals surface area contributed by atoms with Crippen LogP contribution in [0.1, 0.15) is 27.7 Å². The summed E-state index contributed by atoms with van der Waals surface area (Å²) in [5, 5.41) is 3.32. The van der Waals surface area contributed by atoms with Crippen LogP contribution in [0.25, 0.3) is 0 Å². The zero-order valence-electron chi connectivity index (χ0n) is 10.1. The first-order valence-electron chi connectivity index (χ1n) is 5.52. The minimum Gasteiger partial charge on any atom is -0.374 e. The third-order valence-corrected chi connectivity index (χ3v) is 3.28. The van der Waals surface area contributed by atoms with Crippen molar-refractivity contribution in [1.29, 1.82) is 0 Å². The molecule has 1 aliphatic heterocycles. The van der Waals surface area contributed by atoms with Crippen molar-refractivity contribution >= 4 is 0 Å². The summed E-state index contributed by atoms with van der Waals surface area (Å²) in [6.07, 6.45) is 0.295. The summed E-state index contributed by atoms with van der Waals surface area (Å²) in [5.41, 5.74) is 0.0631. The van der Waals surface area contributed by atoms with Crippen LogP contribution in [0.15, 0.2) is 0 Å². The Kier molecular flexibility index (Phi) is 3.93. The zero-order chi connectivity index (χ0) is 10.8. The highest BCUT2D eigenvalue weighted by atomic mass is 16.5. The second kappa shape index (κ2) is 4.60. The molecule has 0 spiro atoms. The van der Waals surface area contributed by atoms with Crippen LogP contribution in [0.5, 0.6) is 0 Å². The fraction of sp³-hybridized carbons (Fsp3) is 1.00. The van der Waals surface area contributed by atoms with Gasteiger partial charge in [0.15, 0.2) is 0 Å². The first-order valence-corrected chi connectivity index (χ1v) is 5.52. The SMILES string of the molecule is CNC(C)(C)[C@@H]1CN(C(C)C)CCO1. The largest absolute Gasteiger partial charge is 0.374 e. The van der Waals surface area contributed by atoms with E-state index >= 15 is 0 Å². The fourth-order valence-corrected chi connectivity index (χ4v) is 1.74. The van der Waals surface area contributed by atoms with E-state index in [1.807, 2.05) is 7.05 Å². The normalized spacial score (nSPS) is 25.7. The van der Waals surface area contributed by atoms with Crippen molar-refractivity contribution < 1.29 is 4.74 Å². The summed E-state index contributed by atoms with van der Waals surface area (Å²) in [6.45, 7) is 11.8. The molecule has 0 aromatic rings. The molecule has 0 bridgehead atoms. The molecule has 0 aliphatic carbocycles. The molecule has 0 amide bonds. The van der Waals surface area contributed by atoms with Crippen molar-refractivity contribution in [2.45, 2.75) is 45.4 Å². The van der Waals surface area contributed by atoms with Crippen molar-refractivity contribution in [3.05, 3.63) is 0 Å². The monoisotopic (exact) mass is 200 g/mol. The van der Waals surface area contributed by atoms with E-state index in [1.54, 1.807) is 0 Å². The first kappa shape index (κ1) is 12.0. The Morgan fingerprint density at radius 1 is 1.43 bits per heavy atom. The maximum atomic E-state index is 5.81. The van der Waals surface area contributed by atoms with Gasteiger partial charge in [0.2, 0.25) is 0 Å². The highest BCUT2D eigenvalue weighted by molar-refractivity contribution is 4.90. The molecule has 3 nitrogen and oxygen atoms in total. The molecular formula is C11H24N2O. The Morgan fingerprint density at radius 2 is 2.07 bits per heavy atom. The van der Waals surface area contributed by atoms with Gasteiger partial charge in [0.1, 0.15) is 0 Å². The number of ether oxygens (including phenoxy) is 1. The van der Waals surface area contributed by atoms with E-state index in [2.05, 4.69) is 37.9 Å². The molecule has 1 heterocycles. The number of rotatable bonds is 3. The average Bonchev–Trinajstić information content (AvgIpc) is 2.18. The summed E-state index contributed by atoms with van der Waals surface area (Å²) in [6, 6.07) is 0.619. The standard InChI is InChI=1S/C11H24N2O/c1-9(2)13-6-7-14-10(8-13)11(3,4)12-5/h9-10,12H,6-8H2,1-5H3/t10-/m0/s1. The van der Waals surface area contributed by atoms with Gasteiger partial charge in [-0.05, 0) is 34.7 Å². The van der Waals surface area contributed by atoms with Gasteiger partial charge in [0.25, 0.3) is 0 Å². The Morgan fingerprint density at radius 3 is 2.57 bits per heavy atom. The van der Waals surface area contributed by atoms with Crippen molar-refractivity contribution in [2.75, 3.05) is 26.7 Å². The van der Waals surface area contributed by atoms with E-state index in [1.165, 1.54) is 0 Å². The Hall–Kier alpha value is -0.120. The summed E-state index contributed by atoms with van der Waals surface area (Å²) in [7, 11) is 2.00. The van der Waals surface area contributed by atoms with Crippen molar-refractivity contribution in [2.24, 2.45) is 0 Å². The van der Waals surface area contributed by atoms with Gasteiger partial charge >= 0.3 is 0 Å². The molecule has 0 saturated carbocycles. The molecule has 84 valence electrons. The van der Waals surface area contributed by atoms with Gasteiger partial charge in [-0.25, -0.2) is 0 Å². The average molecular weight is 200 g/mol. The van der Waals surface area contributed by atoms with Gasteiger partial charge in [0.05, 0.1) is 12.7 Å². The molecule has 1 rings (SSSR count). The Labute approximate surface area is 87.8 Å². The van der Waals surface area contributed by atoms with Crippen LogP contribution in [0.4, 0.5) is 0 Å². The van der Waals surface area contributed by atoms with Crippen LogP contribution in [0.2, 0.25) is 0 Å². The maximum absolute atomic E-state index is 5.81. The predicted molar refractivity (Wildman–Crippen MR) is 59.6 cm³/mol. The van der Waals surface area contributed by atoms with E-state index in [0.29, 0.717) is 12.1 Å². The molecular weight excluding hydrogens is 176 g/mol. The van der Waals surface area contributed by atoms with Crippen LogP contribution in [-0.4, -0.2) is 49.3 Å². The Balaban J connectivity index is 2.56. The highest BCUT2D eigenvalue weighted by Gasteiger charge is 2.33. The second-order valence-corrected chi connectivity index (χ2v) is 4.92. The zero-order valence-corrected chi connectivity index (χ0v) is 10.1. The molecule has 1 saturated heterocycles. The molecule has 1 N–H and O–H groups in total. The quantitative estimate of drug-likeness (QED) is 0.738. The van der Waals surface area contributed by atoms with E-state index in [9.17, 15) is 0 Å². The lowest BCUT2D eigenvalue weighted by molar-refractivity contribution is -0.0737. The topological polar surface area (TPSA) is 24.5 Å². The lowest BCUT2D eigenvalue weighted by Crippen LogP contribution is -2.58. The van der Waals surface area contributed by atoms with E-state index < -0.39 is 0 Å². The fourth-order valence-electron chi connectivity index (χ4n) is 1.74. The van der Waals surface area contributed by atoms with Crippen molar-refractivity contribution in [1.82, 2.24) is 10.2 Å². The van der Waals surface area contributed by atoms with Gasteiger partial charge in [-0.2, -0.15) is 0 Å². The van der Waals surface area contributed by atoms with E-state index in [0.717, 1.165) is 19.7 Å². The van der Waals surface area contributed by atoms with Crippen LogP contribution >= 0.6 is 0 Å². The first-order chi connectivity index (χ1) is 6.47. The number of likely N-dealkylation sites (N-methyl/N-ethyl adjacent to an activating group) is 1. The van der Waals surface area contributed by atoms with Crippen LogP contribution in [0, 0.1) is 0 Å². The molecule has 0 aromatic heterocycles. The molecule has 1 atom stereocenters. The van der Waals surface area contributed by atoms with E-state index in [-0.39, 0.29) is 5.54 Å². The van der Waals surface area contributed by atoms with Gasteiger partial charge in [-0.3, -0.25) is 4.90 Å². The minimum atomic E-state index is 0.0631. The number of hydrogen-bond acceptors (Lipinski definition) is 3. The lowest BCUT2D eigenvalue weighted by atomic mass is 9.95. The second-order valence-electron chi connectivity index (χ2n) is 4.92. The van der Waals surface area contributed by atoms with Crippen LogP contribution in [-0.2, 0) is 4.74 Å². The number of nitrogens with zero attached hydrogens (tertiary/aromatic N) is 1. The Bertz CT molecular complexity index is 180. The smallest absolute Gasteiger partial charge is 0.0878 e. The predicted octanol–water partition coefficient (Wildman–Crippen LogP) is 1.09. The van der Waals surface area contributed by atoms with Crippen molar-refractivity contribution in [3.8, 4) is 0 Å². The molecule has 3 heteroatoms. The van der Waals surface area contributed by atoms with Gasteiger partial charge in [-0.1, -0.05) is 0 Å². The van der Waals surface area contributed by atoms with Gasteiger partial charge in [-0.15, -0.1) is 0 Å². The number of hydrogen-bond donors (Lipinski definition) is 1. The van der Waals surface area contributed by atoms with Crippen LogP contribution < -0.4 is 5.32 Å². The highest BCUT2D eigenvalue weighted by Crippen LogP contribution is 2.18. The lowest BCUT2D eigenvalue weighted by Gasteiger charge is -2.42. The van der Waals surface area contributed by atoms with Crippen molar-refractivity contribution in [3.63, 3.8) is 0 Å². The molecule has 1 fully saturated rings.